The molecule has 0 N–H and O–H groups in total. The van der Waals surface area contributed by atoms with E-state index in [4.69, 9.17) is 13.9 Å². The van der Waals surface area contributed by atoms with Crippen molar-refractivity contribution in [2.24, 2.45) is 0 Å². The maximum absolute atomic E-state index is 11.9. The molecular formula is C15H13NO4. The van der Waals surface area contributed by atoms with Gasteiger partial charge in [0.1, 0.15) is 11.3 Å². The largest absolute Gasteiger partial charge is 0.464 e. The molecule has 0 aliphatic carbocycles. The fourth-order valence-electron chi connectivity index (χ4n) is 2.59. The van der Waals surface area contributed by atoms with Crippen LogP contribution in [0.2, 0.25) is 0 Å². The molecule has 20 heavy (non-hydrogen) atoms. The number of epoxide rings is 1. The Morgan fingerprint density at radius 1 is 1.40 bits per heavy atom. The average molecular weight is 271 g/mol. The standard InChI is InChI=1S/C15H13NO4/c1-18-15(17)11-6-13-14(16(11)7-9-8-19-9)10-4-2-3-5-12(10)20-13/h2-6,9H,7-8H2,1H3/t9-/m1/s1. The van der Waals surface area contributed by atoms with Gasteiger partial charge in [-0.2, -0.15) is 0 Å². The van der Waals surface area contributed by atoms with Crippen molar-refractivity contribution < 1.29 is 18.7 Å². The third kappa shape index (κ3) is 1.63. The van der Waals surface area contributed by atoms with E-state index in [-0.39, 0.29) is 12.1 Å². The van der Waals surface area contributed by atoms with Crippen molar-refractivity contribution in [2.45, 2.75) is 12.6 Å². The fourth-order valence-corrected chi connectivity index (χ4v) is 2.59. The van der Waals surface area contributed by atoms with Crippen LogP contribution in [0.25, 0.3) is 22.1 Å². The lowest BCUT2D eigenvalue weighted by atomic mass is 10.2. The van der Waals surface area contributed by atoms with Crippen molar-refractivity contribution >= 4 is 28.0 Å². The number of benzene rings is 1. The molecule has 0 saturated carbocycles. The van der Waals surface area contributed by atoms with Gasteiger partial charge in [0.05, 0.1) is 31.9 Å². The molecule has 0 spiro atoms. The first-order chi connectivity index (χ1) is 9.78. The molecule has 1 saturated heterocycles. The lowest BCUT2D eigenvalue weighted by molar-refractivity contribution is 0.0588. The summed E-state index contributed by atoms with van der Waals surface area (Å²) in [6, 6.07) is 9.54. The van der Waals surface area contributed by atoms with Crippen LogP contribution in [0.3, 0.4) is 0 Å². The number of aromatic nitrogens is 1. The number of hydrogen-bond donors (Lipinski definition) is 0. The average Bonchev–Trinajstić information content (AvgIpc) is 3.11. The summed E-state index contributed by atoms with van der Waals surface area (Å²) in [6.45, 7) is 1.37. The predicted octanol–water partition coefficient (Wildman–Crippen LogP) is 2.57. The Balaban J connectivity index is 2.00. The Morgan fingerprint density at radius 3 is 2.95 bits per heavy atom. The second-order valence-corrected chi connectivity index (χ2v) is 4.90. The quantitative estimate of drug-likeness (QED) is 0.542. The second kappa shape index (κ2) is 4.11. The van der Waals surface area contributed by atoms with Crippen molar-refractivity contribution in [1.82, 2.24) is 4.57 Å². The van der Waals surface area contributed by atoms with Gasteiger partial charge in [-0.25, -0.2) is 4.79 Å². The minimum absolute atomic E-state index is 0.169. The summed E-state index contributed by atoms with van der Waals surface area (Å²) in [5.74, 6) is -0.360. The maximum atomic E-state index is 11.9. The van der Waals surface area contributed by atoms with Crippen LogP contribution in [0.5, 0.6) is 0 Å². The highest BCUT2D eigenvalue weighted by atomic mass is 16.6. The van der Waals surface area contributed by atoms with Crippen LogP contribution in [0.1, 0.15) is 10.5 Å². The van der Waals surface area contributed by atoms with Crippen molar-refractivity contribution in [2.75, 3.05) is 13.7 Å². The topological polar surface area (TPSA) is 56.9 Å². The maximum Gasteiger partial charge on any atom is 0.354 e. The fraction of sp³-hybridized carbons (Fsp3) is 0.267. The van der Waals surface area contributed by atoms with Gasteiger partial charge in [0.2, 0.25) is 0 Å². The lowest BCUT2D eigenvalue weighted by Crippen LogP contribution is -2.13. The number of carbonyl (C=O) groups is 1. The molecule has 1 atom stereocenters. The summed E-state index contributed by atoms with van der Waals surface area (Å²) in [5, 5.41) is 0.998. The predicted molar refractivity (Wildman–Crippen MR) is 72.8 cm³/mol. The molecule has 1 aliphatic heterocycles. The molecule has 5 nitrogen and oxygen atoms in total. The second-order valence-electron chi connectivity index (χ2n) is 4.90. The molecule has 1 aliphatic rings. The molecule has 0 bridgehead atoms. The van der Waals surface area contributed by atoms with Gasteiger partial charge in [0.25, 0.3) is 0 Å². The SMILES string of the molecule is COC(=O)c1cc2oc3ccccc3c2n1C[C@@H]1CO1. The van der Waals surface area contributed by atoms with E-state index in [9.17, 15) is 4.79 Å². The van der Waals surface area contributed by atoms with E-state index in [2.05, 4.69) is 0 Å². The zero-order chi connectivity index (χ0) is 13.7. The van der Waals surface area contributed by atoms with Gasteiger partial charge in [-0.15, -0.1) is 0 Å². The molecule has 4 rings (SSSR count). The van der Waals surface area contributed by atoms with E-state index in [1.165, 1.54) is 7.11 Å². The summed E-state index contributed by atoms with van der Waals surface area (Å²) in [5.41, 5.74) is 2.95. The summed E-state index contributed by atoms with van der Waals surface area (Å²) in [7, 11) is 1.38. The van der Waals surface area contributed by atoms with Gasteiger partial charge in [0, 0.05) is 11.5 Å². The van der Waals surface area contributed by atoms with Crippen molar-refractivity contribution in [3.8, 4) is 0 Å². The monoisotopic (exact) mass is 271 g/mol. The normalized spacial score (nSPS) is 17.8. The number of carbonyl (C=O) groups excluding carboxylic acids is 1. The van der Waals surface area contributed by atoms with Gasteiger partial charge < -0.3 is 18.5 Å². The Bertz CT molecular complexity index is 810. The van der Waals surface area contributed by atoms with Crippen molar-refractivity contribution in [3.05, 3.63) is 36.0 Å². The summed E-state index contributed by atoms with van der Waals surface area (Å²) in [4.78, 5) is 11.9. The first-order valence-corrected chi connectivity index (χ1v) is 6.48. The van der Waals surface area contributed by atoms with Crippen LogP contribution in [-0.4, -0.2) is 30.4 Å². The first kappa shape index (κ1) is 11.5. The van der Waals surface area contributed by atoms with Crippen molar-refractivity contribution in [1.29, 1.82) is 0 Å². The molecule has 1 fully saturated rings. The molecule has 5 heteroatoms. The number of ether oxygens (including phenoxy) is 2. The number of furan rings is 1. The van der Waals surface area contributed by atoms with Crippen LogP contribution < -0.4 is 0 Å². The van der Waals surface area contributed by atoms with E-state index in [1.807, 2.05) is 28.8 Å². The zero-order valence-corrected chi connectivity index (χ0v) is 11.0. The van der Waals surface area contributed by atoms with E-state index in [0.717, 1.165) is 23.1 Å². The number of para-hydroxylation sites is 1. The van der Waals surface area contributed by atoms with Crippen LogP contribution in [0.4, 0.5) is 0 Å². The molecule has 0 amide bonds. The minimum Gasteiger partial charge on any atom is -0.464 e. The molecule has 3 aromatic rings. The third-order valence-electron chi connectivity index (χ3n) is 3.61. The summed E-state index contributed by atoms with van der Waals surface area (Å²) < 4.78 is 17.9. The van der Waals surface area contributed by atoms with Crippen LogP contribution in [-0.2, 0) is 16.0 Å². The highest BCUT2D eigenvalue weighted by molar-refractivity contribution is 6.06. The zero-order valence-electron chi connectivity index (χ0n) is 11.0. The Kier molecular flexibility index (Phi) is 2.37. The number of hydrogen-bond acceptors (Lipinski definition) is 4. The van der Waals surface area contributed by atoms with Crippen LogP contribution >= 0.6 is 0 Å². The lowest BCUT2D eigenvalue weighted by Gasteiger charge is -2.06. The first-order valence-electron chi connectivity index (χ1n) is 6.48. The smallest absolute Gasteiger partial charge is 0.354 e. The highest BCUT2D eigenvalue weighted by Gasteiger charge is 2.28. The summed E-state index contributed by atoms with van der Waals surface area (Å²) in [6.07, 6.45) is 0.169. The number of rotatable bonds is 3. The molecule has 2 aromatic heterocycles. The molecule has 1 aromatic carbocycles. The van der Waals surface area contributed by atoms with Gasteiger partial charge in [0.15, 0.2) is 5.58 Å². The van der Waals surface area contributed by atoms with Gasteiger partial charge in [-0.05, 0) is 12.1 Å². The van der Waals surface area contributed by atoms with Gasteiger partial charge in [-0.1, -0.05) is 12.1 Å². The van der Waals surface area contributed by atoms with E-state index in [1.54, 1.807) is 6.07 Å². The van der Waals surface area contributed by atoms with E-state index < -0.39 is 0 Å². The van der Waals surface area contributed by atoms with Crippen LogP contribution in [0.15, 0.2) is 34.7 Å². The number of fused-ring (bicyclic) bond motifs is 3. The molecule has 102 valence electrons. The van der Waals surface area contributed by atoms with E-state index in [0.29, 0.717) is 17.8 Å². The Hall–Kier alpha value is -2.27. The Morgan fingerprint density at radius 2 is 2.20 bits per heavy atom. The van der Waals surface area contributed by atoms with Crippen LogP contribution in [0, 0.1) is 0 Å². The number of esters is 1. The Labute approximate surface area is 114 Å². The molecule has 3 heterocycles. The molecular weight excluding hydrogens is 258 g/mol. The number of methoxy groups -OCH3 is 1. The highest BCUT2D eigenvalue weighted by Crippen LogP contribution is 2.32. The van der Waals surface area contributed by atoms with Gasteiger partial charge >= 0.3 is 5.97 Å². The van der Waals surface area contributed by atoms with Crippen molar-refractivity contribution in [3.63, 3.8) is 0 Å². The molecule has 0 unspecified atom stereocenters. The molecule has 0 radical (unpaired) electrons. The minimum atomic E-state index is -0.360. The summed E-state index contributed by atoms with van der Waals surface area (Å²) >= 11 is 0. The third-order valence-corrected chi connectivity index (χ3v) is 3.61. The number of nitrogens with zero attached hydrogens (tertiary/aromatic N) is 1. The van der Waals surface area contributed by atoms with Gasteiger partial charge in [-0.3, -0.25) is 0 Å². The van der Waals surface area contributed by atoms with E-state index >= 15 is 0 Å².